The van der Waals surface area contributed by atoms with Gasteiger partial charge in [-0.15, -0.1) is 11.3 Å². The average molecular weight is 434 g/mol. The summed E-state index contributed by atoms with van der Waals surface area (Å²) in [5, 5.41) is 2.63. The highest BCUT2D eigenvalue weighted by Crippen LogP contribution is 2.21. The van der Waals surface area contributed by atoms with Crippen LogP contribution in [0.1, 0.15) is 30.6 Å². The number of hydrogen-bond donors (Lipinski definition) is 3. The predicted octanol–water partition coefficient (Wildman–Crippen LogP) is 3.43. The zero-order valence-electron chi connectivity index (χ0n) is 13.1. The van der Waals surface area contributed by atoms with Crippen LogP contribution in [-0.2, 0) is 0 Å². The number of hydrogen-bond acceptors (Lipinski definition) is 5. The zero-order valence-corrected chi connectivity index (χ0v) is 15.5. The quantitative estimate of drug-likeness (QED) is 0.548. The summed E-state index contributed by atoms with van der Waals surface area (Å²) in [6.45, 7) is 0. The summed E-state index contributed by atoms with van der Waals surface area (Å²) in [7, 11) is 0. The van der Waals surface area contributed by atoms with Gasteiger partial charge in [0.25, 0.3) is 17.7 Å². The first-order chi connectivity index (χ1) is 12.5. The van der Waals surface area contributed by atoms with Gasteiger partial charge in [-0.2, -0.15) is 0 Å². The second kappa shape index (κ2) is 7.98. The third-order valence-corrected chi connectivity index (χ3v) is 4.84. The number of thiophene rings is 1. The molecule has 3 amide bonds. The molecule has 9 heteroatoms. The van der Waals surface area contributed by atoms with E-state index >= 15 is 0 Å². The van der Waals surface area contributed by atoms with Crippen LogP contribution in [-0.4, -0.2) is 17.7 Å². The van der Waals surface area contributed by atoms with Gasteiger partial charge in [-0.25, -0.2) is 0 Å². The second-order valence-electron chi connectivity index (χ2n) is 5.02. The summed E-state index contributed by atoms with van der Waals surface area (Å²) in [4.78, 5) is 36.5. The minimum atomic E-state index is -0.511. The van der Waals surface area contributed by atoms with E-state index in [4.69, 9.17) is 4.42 Å². The number of benzene rings is 1. The molecule has 0 atom stereocenters. The Morgan fingerprint density at radius 1 is 0.923 bits per heavy atom. The molecule has 0 saturated heterocycles. The Kier molecular flexibility index (Phi) is 5.49. The summed E-state index contributed by atoms with van der Waals surface area (Å²) in [6.07, 6.45) is 1.40. The van der Waals surface area contributed by atoms with Gasteiger partial charge < -0.3 is 9.73 Å². The van der Waals surface area contributed by atoms with Crippen molar-refractivity contribution in [3.63, 3.8) is 0 Å². The van der Waals surface area contributed by atoms with Gasteiger partial charge in [-0.05, 0) is 58.4 Å². The molecule has 7 nitrogen and oxygen atoms in total. The summed E-state index contributed by atoms with van der Waals surface area (Å²) in [6, 6.07) is 12.8. The monoisotopic (exact) mass is 433 g/mol. The Bertz CT molecular complexity index is 953. The molecule has 0 saturated carbocycles. The van der Waals surface area contributed by atoms with Gasteiger partial charge in [0, 0.05) is 11.3 Å². The molecule has 0 fully saturated rings. The lowest BCUT2D eigenvalue weighted by Crippen LogP contribution is -2.41. The molecule has 2 aromatic heterocycles. The van der Waals surface area contributed by atoms with Crippen molar-refractivity contribution in [2.75, 3.05) is 5.32 Å². The standard InChI is InChI=1S/C17H12BrN3O4S/c18-14-7-6-13(26-14)17(24)21-20-15(22)10-3-1-4-11(9-10)19-16(23)12-5-2-8-25-12/h1-9H,(H,19,23)(H,20,22)(H,21,24). The number of nitrogens with one attached hydrogen (secondary N) is 3. The number of hydrazine groups is 1. The SMILES string of the molecule is O=C(NNC(=O)c1ccc(Br)s1)c1cccc(NC(=O)c2ccco2)c1. The third-order valence-electron chi connectivity index (χ3n) is 3.21. The molecule has 2 heterocycles. The first-order valence-electron chi connectivity index (χ1n) is 7.34. The van der Waals surface area contributed by atoms with Crippen LogP contribution >= 0.6 is 27.3 Å². The van der Waals surface area contributed by atoms with Crippen LogP contribution in [0.4, 0.5) is 5.69 Å². The fourth-order valence-corrected chi connectivity index (χ4v) is 3.30. The average Bonchev–Trinajstić information content (AvgIpc) is 3.31. The van der Waals surface area contributed by atoms with E-state index in [2.05, 4.69) is 32.1 Å². The molecule has 3 N–H and O–H groups in total. The van der Waals surface area contributed by atoms with Gasteiger partial charge in [0.15, 0.2) is 5.76 Å². The van der Waals surface area contributed by atoms with Gasteiger partial charge in [0.1, 0.15) is 0 Å². The molecule has 0 radical (unpaired) electrons. The number of carbonyl (C=O) groups excluding carboxylic acids is 3. The van der Waals surface area contributed by atoms with E-state index < -0.39 is 17.7 Å². The van der Waals surface area contributed by atoms with E-state index in [0.717, 1.165) is 3.79 Å². The third kappa shape index (κ3) is 4.38. The number of amides is 3. The summed E-state index contributed by atoms with van der Waals surface area (Å²) < 4.78 is 5.83. The van der Waals surface area contributed by atoms with E-state index in [1.807, 2.05) is 0 Å². The minimum absolute atomic E-state index is 0.161. The predicted molar refractivity (Wildman–Crippen MR) is 100 cm³/mol. The number of furan rings is 1. The van der Waals surface area contributed by atoms with Crippen LogP contribution in [0, 0.1) is 0 Å². The highest BCUT2D eigenvalue weighted by Gasteiger charge is 2.13. The second-order valence-corrected chi connectivity index (χ2v) is 7.49. The van der Waals surface area contributed by atoms with Crippen molar-refractivity contribution in [1.29, 1.82) is 0 Å². The largest absolute Gasteiger partial charge is 0.459 e. The topological polar surface area (TPSA) is 100 Å². The van der Waals surface area contributed by atoms with Gasteiger partial charge >= 0.3 is 0 Å². The van der Waals surface area contributed by atoms with Crippen molar-refractivity contribution in [2.45, 2.75) is 0 Å². The molecule has 3 aromatic rings. The lowest BCUT2D eigenvalue weighted by molar-refractivity contribution is 0.0849. The Hall–Kier alpha value is -2.91. The summed E-state index contributed by atoms with van der Waals surface area (Å²) in [5.41, 5.74) is 5.37. The van der Waals surface area contributed by atoms with Gasteiger partial charge in [-0.1, -0.05) is 6.07 Å². The smallest absolute Gasteiger partial charge is 0.291 e. The molecular formula is C17H12BrN3O4S. The Morgan fingerprint density at radius 2 is 1.73 bits per heavy atom. The highest BCUT2D eigenvalue weighted by molar-refractivity contribution is 9.11. The normalized spacial score (nSPS) is 10.2. The van der Waals surface area contributed by atoms with Crippen LogP contribution in [0.5, 0.6) is 0 Å². The maximum absolute atomic E-state index is 12.2. The molecule has 0 aliphatic heterocycles. The minimum Gasteiger partial charge on any atom is -0.459 e. The van der Waals surface area contributed by atoms with Gasteiger partial charge in [0.05, 0.1) is 14.9 Å². The highest BCUT2D eigenvalue weighted by atomic mass is 79.9. The maximum atomic E-state index is 12.2. The molecule has 0 unspecified atom stereocenters. The van der Waals surface area contributed by atoms with Crippen LogP contribution in [0.2, 0.25) is 0 Å². The van der Waals surface area contributed by atoms with Gasteiger partial charge in [0.2, 0.25) is 0 Å². The van der Waals surface area contributed by atoms with Crippen LogP contribution < -0.4 is 16.2 Å². The lowest BCUT2D eigenvalue weighted by atomic mass is 10.2. The molecule has 0 aliphatic carbocycles. The molecule has 132 valence electrons. The van der Waals surface area contributed by atoms with Crippen molar-refractivity contribution in [3.8, 4) is 0 Å². The number of carbonyl (C=O) groups is 3. The number of anilines is 1. The molecule has 3 rings (SSSR count). The molecule has 0 bridgehead atoms. The summed E-state index contributed by atoms with van der Waals surface area (Å²) >= 11 is 4.52. The van der Waals surface area contributed by atoms with Crippen LogP contribution in [0.15, 0.2) is 63.0 Å². The maximum Gasteiger partial charge on any atom is 0.291 e. The molecule has 1 aromatic carbocycles. The van der Waals surface area contributed by atoms with Crippen molar-refractivity contribution in [3.05, 3.63) is 74.8 Å². The van der Waals surface area contributed by atoms with Crippen LogP contribution in [0.3, 0.4) is 0 Å². The van der Waals surface area contributed by atoms with E-state index in [-0.39, 0.29) is 11.3 Å². The Morgan fingerprint density at radius 3 is 2.42 bits per heavy atom. The fourth-order valence-electron chi connectivity index (χ4n) is 2.02. The zero-order chi connectivity index (χ0) is 18.5. The van der Waals surface area contributed by atoms with Crippen molar-refractivity contribution < 1.29 is 18.8 Å². The van der Waals surface area contributed by atoms with E-state index in [9.17, 15) is 14.4 Å². The molecule has 26 heavy (non-hydrogen) atoms. The molecule has 0 aliphatic rings. The molecule has 0 spiro atoms. The van der Waals surface area contributed by atoms with E-state index in [1.54, 1.807) is 36.4 Å². The summed E-state index contributed by atoms with van der Waals surface area (Å²) in [5.74, 6) is -1.20. The van der Waals surface area contributed by atoms with Crippen molar-refractivity contribution >= 4 is 50.7 Å². The Labute approximate surface area is 160 Å². The first kappa shape index (κ1) is 17.9. The van der Waals surface area contributed by atoms with E-state index in [0.29, 0.717) is 10.6 Å². The number of rotatable bonds is 4. The molecular weight excluding hydrogens is 422 g/mol. The Balaban J connectivity index is 1.61. The number of halogens is 1. The first-order valence-corrected chi connectivity index (χ1v) is 8.95. The van der Waals surface area contributed by atoms with Crippen molar-refractivity contribution in [1.82, 2.24) is 10.9 Å². The lowest BCUT2D eigenvalue weighted by Gasteiger charge is -2.08. The van der Waals surface area contributed by atoms with Gasteiger partial charge in [-0.3, -0.25) is 25.2 Å². The van der Waals surface area contributed by atoms with Crippen molar-refractivity contribution in [2.24, 2.45) is 0 Å². The fraction of sp³-hybridized carbons (Fsp3) is 0. The van der Waals surface area contributed by atoms with Crippen LogP contribution in [0.25, 0.3) is 0 Å². The van der Waals surface area contributed by atoms with E-state index in [1.165, 1.54) is 29.7 Å².